The Morgan fingerprint density at radius 1 is 1.31 bits per heavy atom. The van der Waals surface area contributed by atoms with Crippen molar-refractivity contribution >= 4 is 5.97 Å². The maximum atomic E-state index is 12.8. The van der Waals surface area contributed by atoms with Crippen molar-refractivity contribution in [3.63, 3.8) is 0 Å². The van der Waals surface area contributed by atoms with E-state index in [1.165, 1.54) is 6.07 Å². The molecule has 88 valence electrons. The molecule has 3 nitrogen and oxygen atoms in total. The summed E-state index contributed by atoms with van der Waals surface area (Å²) in [6.45, 7) is 0.933. The molecule has 0 heterocycles. The van der Waals surface area contributed by atoms with Crippen molar-refractivity contribution in [2.75, 3.05) is 6.54 Å². The number of benzene rings is 1. The van der Waals surface area contributed by atoms with Crippen LogP contribution in [0.1, 0.15) is 18.4 Å². The van der Waals surface area contributed by atoms with Crippen LogP contribution in [0.2, 0.25) is 0 Å². The average molecular weight is 229 g/mol. The molecule has 1 aromatic carbocycles. The van der Waals surface area contributed by atoms with Gasteiger partial charge in [-0.05, 0) is 30.7 Å². The first kappa shape index (κ1) is 12.6. The molecule has 16 heavy (non-hydrogen) atoms. The van der Waals surface area contributed by atoms with Crippen molar-refractivity contribution in [3.05, 3.63) is 35.4 Å². The SMILES string of the molecule is O=C(O)CCCNCc1ccc(F)c(F)c1. The van der Waals surface area contributed by atoms with Crippen LogP contribution in [0.5, 0.6) is 0 Å². The molecule has 0 aliphatic rings. The summed E-state index contributed by atoms with van der Waals surface area (Å²) in [6.07, 6.45) is 0.615. The minimum Gasteiger partial charge on any atom is -0.481 e. The molecule has 0 saturated carbocycles. The van der Waals surface area contributed by atoms with Gasteiger partial charge in [-0.3, -0.25) is 4.79 Å². The maximum Gasteiger partial charge on any atom is 0.303 e. The van der Waals surface area contributed by atoms with E-state index < -0.39 is 17.6 Å². The van der Waals surface area contributed by atoms with Gasteiger partial charge in [-0.15, -0.1) is 0 Å². The normalized spacial score (nSPS) is 10.4. The third-order valence-corrected chi connectivity index (χ3v) is 2.06. The van der Waals surface area contributed by atoms with E-state index in [9.17, 15) is 13.6 Å². The van der Waals surface area contributed by atoms with E-state index in [1.54, 1.807) is 0 Å². The molecule has 0 saturated heterocycles. The second-order valence-electron chi connectivity index (χ2n) is 3.42. The monoisotopic (exact) mass is 229 g/mol. The highest BCUT2D eigenvalue weighted by molar-refractivity contribution is 5.66. The van der Waals surface area contributed by atoms with Gasteiger partial charge in [0.25, 0.3) is 0 Å². The lowest BCUT2D eigenvalue weighted by atomic mass is 10.2. The van der Waals surface area contributed by atoms with Crippen LogP contribution in [0, 0.1) is 11.6 Å². The molecule has 1 rings (SSSR count). The third kappa shape index (κ3) is 4.35. The van der Waals surface area contributed by atoms with Gasteiger partial charge in [0.1, 0.15) is 0 Å². The van der Waals surface area contributed by atoms with E-state index in [1.807, 2.05) is 0 Å². The van der Waals surface area contributed by atoms with E-state index in [-0.39, 0.29) is 6.42 Å². The van der Waals surface area contributed by atoms with Gasteiger partial charge in [0.15, 0.2) is 11.6 Å². The summed E-state index contributed by atoms with van der Waals surface area (Å²) in [6, 6.07) is 3.69. The Hall–Kier alpha value is -1.49. The Labute approximate surface area is 92.1 Å². The quantitative estimate of drug-likeness (QED) is 0.733. The zero-order valence-electron chi connectivity index (χ0n) is 8.67. The van der Waals surface area contributed by atoms with Crippen molar-refractivity contribution < 1.29 is 18.7 Å². The van der Waals surface area contributed by atoms with E-state index in [2.05, 4.69) is 5.32 Å². The van der Waals surface area contributed by atoms with Crippen LogP contribution in [0.25, 0.3) is 0 Å². The molecule has 0 radical (unpaired) electrons. The molecule has 0 atom stereocenters. The van der Waals surface area contributed by atoms with Crippen molar-refractivity contribution in [2.24, 2.45) is 0 Å². The molecule has 5 heteroatoms. The second kappa shape index (κ2) is 6.17. The first-order chi connectivity index (χ1) is 7.59. The van der Waals surface area contributed by atoms with Crippen LogP contribution >= 0.6 is 0 Å². The molecule has 2 N–H and O–H groups in total. The van der Waals surface area contributed by atoms with E-state index >= 15 is 0 Å². The molecule has 0 aromatic heterocycles. The highest BCUT2D eigenvalue weighted by Gasteiger charge is 2.02. The zero-order chi connectivity index (χ0) is 12.0. The lowest BCUT2D eigenvalue weighted by molar-refractivity contribution is -0.137. The Morgan fingerprint density at radius 3 is 2.69 bits per heavy atom. The highest BCUT2D eigenvalue weighted by Crippen LogP contribution is 2.08. The van der Waals surface area contributed by atoms with Crippen LogP contribution < -0.4 is 5.32 Å². The minimum atomic E-state index is -0.871. The summed E-state index contributed by atoms with van der Waals surface area (Å²) in [4.78, 5) is 10.2. The second-order valence-corrected chi connectivity index (χ2v) is 3.42. The molecular weight excluding hydrogens is 216 g/mol. The first-order valence-corrected chi connectivity index (χ1v) is 4.96. The van der Waals surface area contributed by atoms with Gasteiger partial charge >= 0.3 is 5.97 Å². The molecule has 0 bridgehead atoms. The van der Waals surface area contributed by atoms with Crippen LogP contribution in [0.3, 0.4) is 0 Å². The number of carboxylic acids is 1. The van der Waals surface area contributed by atoms with E-state index in [4.69, 9.17) is 5.11 Å². The van der Waals surface area contributed by atoms with Crippen LogP contribution in [0.15, 0.2) is 18.2 Å². The predicted octanol–water partition coefficient (Wildman–Crippen LogP) is 1.92. The Morgan fingerprint density at radius 2 is 2.06 bits per heavy atom. The smallest absolute Gasteiger partial charge is 0.303 e. The number of halogens is 2. The van der Waals surface area contributed by atoms with Gasteiger partial charge in [0, 0.05) is 13.0 Å². The van der Waals surface area contributed by atoms with Gasteiger partial charge < -0.3 is 10.4 Å². The molecule has 0 unspecified atom stereocenters. The Balaban J connectivity index is 2.27. The lowest BCUT2D eigenvalue weighted by Crippen LogP contribution is -2.15. The van der Waals surface area contributed by atoms with Gasteiger partial charge in [-0.1, -0.05) is 6.07 Å². The van der Waals surface area contributed by atoms with Crippen molar-refractivity contribution in [1.29, 1.82) is 0 Å². The molecule has 0 aliphatic heterocycles. The zero-order valence-corrected chi connectivity index (χ0v) is 8.67. The van der Waals surface area contributed by atoms with E-state index in [0.717, 1.165) is 12.1 Å². The number of hydrogen-bond acceptors (Lipinski definition) is 2. The Bertz CT molecular complexity index is 369. The fourth-order valence-corrected chi connectivity index (χ4v) is 1.25. The number of nitrogens with one attached hydrogen (secondary N) is 1. The maximum absolute atomic E-state index is 12.8. The molecule has 1 aromatic rings. The number of carbonyl (C=O) groups is 1. The number of rotatable bonds is 6. The average Bonchev–Trinajstić information content (AvgIpc) is 2.22. The summed E-state index contributed by atoms with van der Waals surface area (Å²) >= 11 is 0. The fraction of sp³-hybridized carbons (Fsp3) is 0.364. The summed E-state index contributed by atoms with van der Waals surface area (Å²) in [5.41, 5.74) is 0.634. The molecule has 0 fully saturated rings. The summed E-state index contributed by atoms with van der Waals surface area (Å²) in [7, 11) is 0. The van der Waals surface area contributed by atoms with Crippen molar-refractivity contribution in [3.8, 4) is 0 Å². The van der Waals surface area contributed by atoms with Gasteiger partial charge in [0.2, 0.25) is 0 Å². The largest absolute Gasteiger partial charge is 0.481 e. The topological polar surface area (TPSA) is 49.3 Å². The lowest BCUT2D eigenvalue weighted by Gasteiger charge is -2.04. The highest BCUT2D eigenvalue weighted by atomic mass is 19.2. The van der Waals surface area contributed by atoms with Crippen LogP contribution in [0.4, 0.5) is 8.78 Å². The minimum absolute atomic E-state index is 0.102. The fourth-order valence-electron chi connectivity index (χ4n) is 1.25. The predicted molar refractivity (Wildman–Crippen MR) is 54.9 cm³/mol. The standard InChI is InChI=1S/C11H13F2NO2/c12-9-4-3-8(6-10(9)13)7-14-5-1-2-11(15)16/h3-4,6,14H,1-2,5,7H2,(H,15,16). The molecule has 0 aliphatic carbocycles. The third-order valence-electron chi connectivity index (χ3n) is 2.06. The van der Waals surface area contributed by atoms with Crippen molar-refractivity contribution in [2.45, 2.75) is 19.4 Å². The Kier molecular flexibility index (Phi) is 4.85. The summed E-state index contributed by atoms with van der Waals surface area (Å²) < 4.78 is 25.3. The van der Waals surface area contributed by atoms with Gasteiger partial charge in [-0.25, -0.2) is 8.78 Å². The first-order valence-electron chi connectivity index (χ1n) is 4.96. The number of hydrogen-bond donors (Lipinski definition) is 2. The number of aliphatic carboxylic acids is 1. The number of carboxylic acid groups (broad SMARTS) is 1. The van der Waals surface area contributed by atoms with Gasteiger partial charge in [0.05, 0.1) is 0 Å². The summed E-state index contributed by atoms with van der Waals surface area (Å²) in [5, 5.41) is 11.3. The van der Waals surface area contributed by atoms with Gasteiger partial charge in [-0.2, -0.15) is 0 Å². The molecular formula is C11H13F2NO2. The van der Waals surface area contributed by atoms with E-state index in [0.29, 0.717) is 25.1 Å². The molecule has 0 amide bonds. The molecule has 0 spiro atoms. The van der Waals surface area contributed by atoms with Crippen molar-refractivity contribution in [1.82, 2.24) is 5.32 Å². The summed E-state index contributed by atoms with van der Waals surface area (Å²) in [5.74, 6) is -2.57. The van der Waals surface area contributed by atoms with Crippen LogP contribution in [-0.4, -0.2) is 17.6 Å². The van der Waals surface area contributed by atoms with Crippen LogP contribution in [-0.2, 0) is 11.3 Å².